The quantitative estimate of drug-likeness (QED) is 0.0263. The van der Waals surface area contributed by atoms with E-state index in [4.69, 9.17) is 14.2 Å². The summed E-state index contributed by atoms with van der Waals surface area (Å²) in [4.78, 5) is 37.9. The molecule has 0 aromatic rings. The van der Waals surface area contributed by atoms with Crippen molar-refractivity contribution in [2.75, 3.05) is 13.2 Å². The molecule has 0 aromatic carbocycles. The van der Waals surface area contributed by atoms with Crippen molar-refractivity contribution >= 4 is 17.9 Å². The highest BCUT2D eigenvalue weighted by atomic mass is 16.6. The van der Waals surface area contributed by atoms with E-state index in [9.17, 15) is 14.4 Å². The van der Waals surface area contributed by atoms with Crippen molar-refractivity contribution < 1.29 is 28.6 Å². The van der Waals surface area contributed by atoms with Crippen LogP contribution in [-0.4, -0.2) is 37.2 Å². The third-order valence-electron chi connectivity index (χ3n) is 10.1. The summed E-state index contributed by atoms with van der Waals surface area (Å²) >= 11 is 0. The molecule has 0 rings (SSSR count). The lowest BCUT2D eigenvalue weighted by Gasteiger charge is -2.18. The maximum absolute atomic E-state index is 12.7. The van der Waals surface area contributed by atoms with E-state index >= 15 is 0 Å². The van der Waals surface area contributed by atoms with Crippen molar-refractivity contribution in [1.82, 2.24) is 0 Å². The highest BCUT2D eigenvalue weighted by Crippen LogP contribution is 2.13. The molecule has 0 N–H and O–H groups in total. The second kappa shape index (κ2) is 49.7. The fourth-order valence-electron chi connectivity index (χ4n) is 6.39. The van der Waals surface area contributed by atoms with Crippen molar-refractivity contribution in [2.24, 2.45) is 0 Å². The summed E-state index contributed by atoms with van der Waals surface area (Å²) in [5.74, 6) is -1.09. The monoisotopic (exact) mass is 859 g/mol. The predicted octanol–water partition coefficient (Wildman–Crippen LogP) is 16.4. The van der Waals surface area contributed by atoms with Gasteiger partial charge in [-0.25, -0.2) is 0 Å². The van der Waals surface area contributed by atoms with Gasteiger partial charge in [0.2, 0.25) is 0 Å². The Hall–Kier alpha value is -3.93. The van der Waals surface area contributed by atoms with Gasteiger partial charge in [0.25, 0.3) is 0 Å². The maximum atomic E-state index is 12.7. The Morgan fingerprint density at radius 2 is 0.677 bits per heavy atom. The van der Waals surface area contributed by atoms with Gasteiger partial charge >= 0.3 is 17.9 Å². The highest BCUT2D eigenvalue weighted by molar-refractivity contribution is 5.72. The van der Waals surface area contributed by atoms with Gasteiger partial charge in [-0.3, -0.25) is 14.4 Å². The van der Waals surface area contributed by atoms with Crippen LogP contribution in [0.1, 0.15) is 207 Å². The molecule has 1 unspecified atom stereocenters. The van der Waals surface area contributed by atoms with Gasteiger partial charge in [-0.05, 0) is 83.5 Å². The summed E-state index contributed by atoms with van der Waals surface area (Å²) in [5, 5.41) is 0. The molecule has 350 valence electrons. The molecule has 0 saturated heterocycles. The molecule has 0 radical (unpaired) electrons. The van der Waals surface area contributed by atoms with Crippen LogP contribution in [0.5, 0.6) is 0 Å². The third-order valence-corrected chi connectivity index (χ3v) is 10.1. The Balaban J connectivity index is 4.56. The number of carbonyl (C=O) groups excluding carboxylic acids is 3. The number of hydrogen-bond donors (Lipinski definition) is 0. The van der Waals surface area contributed by atoms with Crippen molar-refractivity contribution in [3.8, 4) is 0 Å². The number of hydrogen-bond acceptors (Lipinski definition) is 6. The maximum Gasteiger partial charge on any atom is 0.310 e. The number of unbranched alkanes of at least 4 members (excludes halogenated alkanes) is 15. The molecule has 62 heavy (non-hydrogen) atoms. The second-order valence-corrected chi connectivity index (χ2v) is 16.0. The lowest BCUT2D eigenvalue weighted by Crippen LogP contribution is -2.30. The van der Waals surface area contributed by atoms with E-state index < -0.39 is 12.1 Å². The first-order valence-corrected chi connectivity index (χ1v) is 24.9. The molecule has 0 saturated carbocycles. The first-order valence-electron chi connectivity index (χ1n) is 24.9. The minimum atomic E-state index is -0.842. The molecule has 6 heteroatoms. The van der Waals surface area contributed by atoms with E-state index in [0.29, 0.717) is 19.3 Å². The van der Waals surface area contributed by atoms with Crippen LogP contribution in [0, 0.1) is 0 Å². The largest absolute Gasteiger partial charge is 0.462 e. The van der Waals surface area contributed by atoms with E-state index in [1.54, 1.807) is 6.08 Å². The Morgan fingerprint density at radius 3 is 1.06 bits per heavy atom. The third kappa shape index (κ3) is 47.1. The lowest BCUT2D eigenvalue weighted by molar-refractivity contribution is -0.166. The zero-order valence-electron chi connectivity index (χ0n) is 39.8. The molecule has 0 amide bonds. The van der Waals surface area contributed by atoms with Crippen LogP contribution >= 0.6 is 0 Å². The molecule has 0 aliphatic rings. The molecule has 0 bridgehead atoms. The zero-order valence-corrected chi connectivity index (χ0v) is 39.8. The van der Waals surface area contributed by atoms with Crippen LogP contribution in [0.2, 0.25) is 0 Å². The molecular weight excluding hydrogens is 769 g/mol. The van der Waals surface area contributed by atoms with E-state index in [0.717, 1.165) is 103 Å². The minimum Gasteiger partial charge on any atom is -0.462 e. The van der Waals surface area contributed by atoms with E-state index in [-0.39, 0.29) is 31.6 Å². The Kier molecular flexibility index (Phi) is 46.6. The smallest absolute Gasteiger partial charge is 0.310 e. The van der Waals surface area contributed by atoms with Gasteiger partial charge in [0.15, 0.2) is 6.10 Å². The zero-order chi connectivity index (χ0) is 45.1. The highest BCUT2D eigenvalue weighted by Gasteiger charge is 2.19. The summed E-state index contributed by atoms with van der Waals surface area (Å²) in [5.41, 5.74) is 0. The minimum absolute atomic E-state index is 0.0890. The fraction of sp³-hybridized carbons (Fsp3) is 0.625. The number of esters is 3. The van der Waals surface area contributed by atoms with Crippen molar-refractivity contribution in [1.29, 1.82) is 0 Å². The number of rotatable bonds is 43. The van der Waals surface area contributed by atoms with Crippen LogP contribution in [0.3, 0.4) is 0 Å². The SMILES string of the molecule is CC/C=C\C/C=C\C/C=C\C/C=C\C/C=C\CC(=O)OC(COC(=O)CCCCCC/C=C\C/C=C\C/C=C\C/C=C\CC)COC(=O)CCCCCCCCCCCCCC. The summed E-state index contributed by atoms with van der Waals surface area (Å²) in [6.07, 6.45) is 66.6. The molecule has 6 nitrogen and oxygen atoms in total. The first kappa shape index (κ1) is 58.1. The Labute approximate surface area is 380 Å². The van der Waals surface area contributed by atoms with Crippen LogP contribution in [0.15, 0.2) is 109 Å². The lowest BCUT2D eigenvalue weighted by atomic mass is 10.0. The topological polar surface area (TPSA) is 78.9 Å². The summed E-state index contributed by atoms with van der Waals surface area (Å²) in [6, 6.07) is 0. The molecule has 0 aliphatic carbocycles. The van der Waals surface area contributed by atoms with Crippen LogP contribution < -0.4 is 0 Å². The van der Waals surface area contributed by atoms with Gasteiger partial charge in [-0.2, -0.15) is 0 Å². The van der Waals surface area contributed by atoms with Gasteiger partial charge in [-0.1, -0.05) is 214 Å². The number of allylic oxidation sites excluding steroid dienone is 17. The number of ether oxygens (including phenoxy) is 3. The predicted molar refractivity (Wildman–Crippen MR) is 265 cm³/mol. The van der Waals surface area contributed by atoms with Crippen molar-refractivity contribution in [2.45, 2.75) is 213 Å². The fourth-order valence-corrected chi connectivity index (χ4v) is 6.39. The number of carbonyl (C=O) groups is 3. The molecule has 0 fully saturated rings. The van der Waals surface area contributed by atoms with E-state index in [2.05, 4.69) is 118 Å². The molecule has 1 atom stereocenters. The molecule has 0 spiro atoms. The van der Waals surface area contributed by atoms with E-state index in [1.807, 2.05) is 6.08 Å². The second-order valence-electron chi connectivity index (χ2n) is 16.0. The van der Waals surface area contributed by atoms with Crippen molar-refractivity contribution in [3.63, 3.8) is 0 Å². The van der Waals surface area contributed by atoms with Gasteiger partial charge in [0.1, 0.15) is 13.2 Å². The molecular formula is C56H90O6. The summed E-state index contributed by atoms with van der Waals surface area (Å²) in [7, 11) is 0. The average Bonchev–Trinajstić information content (AvgIpc) is 3.27. The summed E-state index contributed by atoms with van der Waals surface area (Å²) < 4.78 is 16.6. The van der Waals surface area contributed by atoms with Gasteiger partial charge in [0.05, 0.1) is 6.42 Å². The average molecular weight is 859 g/mol. The van der Waals surface area contributed by atoms with Gasteiger partial charge < -0.3 is 14.2 Å². The van der Waals surface area contributed by atoms with Crippen molar-refractivity contribution in [3.05, 3.63) is 109 Å². The Bertz CT molecular complexity index is 1310. The van der Waals surface area contributed by atoms with Crippen LogP contribution in [-0.2, 0) is 28.6 Å². The van der Waals surface area contributed by atoms with E-state index in [1.165, 1.54) is 57.8 Å². The Morgan fingerprint density at radius 1 is 0.355 bits per heavy atom. The first-order chi connectivity index (χ1) is 30.5. The standard InChI is InChI=1S/C56H90O6/c1-4-7-10-13-16-19-22-25-27-28-30-31-34-37-40-43-46-49-55(58)61-52-53(51-60-54(57)48-45-42-39-36-33-24-21-18-15-12-9-6-3)62-56(59)50-47-44-41-38-35-32-29-26-23-20-17-14-11-8-5-2/h7-8,10-11,16-17,19-20,25-27,29-31,35,38,44,47,53H,4-6,9,12-15,18,21-24,28,32-34,36-37,39-43,45-46,48-52H2,1-3H3/b10-7-,11-8-,19-16-,20-17-,27-25-,29-26-,31-30-,38-35-,47-44-. The summed E-state index contributed by atoms with van der Waals surface area (Å²) in [6.45, 7) is 6.28. The normalized spacial score (nSPS) is 13.0. The van der Waals surface area contributed by atoms with Crippen LogP contribution in [0.4, 0.5) is 0 Å². The molecule has 0 aromatic heterocycles. The molecule has 0 aliphatic heterocycles. The van der Waals surface area contributed by atoms with Gasteiger partial charge in [-0.15, -0.1) is 0 Å². The van der Waals surface area contributed by atoms with Gasteiger partial charge in [0, 0.05) is 12.8 Å². The molecule has 0 heterocycles. The van der Waals surface area contributed by atoms with Crippen LogP contribution in [0.25, 0.3) is 0 Å².